The second-order valence-electron chi connectivity index (χ2n) is 7.69. The van der Waals surface area contributed by atoms with Crippen LogP contribution in [-0.4, -0.2) is 51.5 Å². The summed E-state index contributed by atoms with van der Waals surface area (Å²) in [5.74, 6) is 0.962. The first-order valence-electron chi connectivity index (χ1n) is 10.2. The molecule has 1 aromatic heterocycles. The molecule has 158 valence electrons. The minimum Gasteiger partial charge on any atom is -0.497 e. The summed E-state index contributed by atoms with van der Waals surface area (Å²) in [7, 11) is 1.60. The van der Waals surface area contributed by atoms with Gasteiger partial charge in [-0.2, -0.15) is 5.10 Å². The number of rotatable bonds is 7. The van der Waals surface area contributed by atoms with Crippen molar-refractivity contribution in [3.05, 3.63) is 30.1 Å². The SMILES string of the molecule is COc1ccc(-c2n[nH]c(CNC(=O)CCN3C(=O)C4CCCCC4C3=O)n2)cc1. The van der Waals surface area contributed by atoms with Crippen LogP contribution in [0, 0.1) is 11.8 Å². The van der Waals surface area contributed by atoms with E-state index >= 15 is 0 Å². The van der Waals surface area contributed by atoms with E-state index in [1.165, 1.54) is 4.90 Å². The van der Waals surface area contributed by atoms with Crippen molar-refractivity contribution in [1.29, 1.82) is 0 Å². The van der Waals surface area contributed by atoms with E-state index in [1.807, 2.05) is 24.3 Å². The topological polar surface area (TPSA) is 117 Å². The quantitative estimate of drug-likeness (QED) is 0.669. The number of hydrogen-bond acceptors (Lipinski definition) is 6. The van der Waals surface area contributed by atoms with Gasteiger partial charge in [0.15, 0.2) is 5.82 Å². The highest BCUT2D eigenvalue weighted by Crippen LogP contribution is 2.37. The number of likely N-dealkylation sites (tertiary alicyclic amines) is 1. The lowest BCUT2D eigenvalue weighted by Gasteiger charge is -2.19. The van der Waals surface area contributed by atoms with Crippen molar-refractivity contribution in [3.8, 4) is 17.1 Å². The molecular formula is C21H25N5O4. The van der Waals surface area contributed by atoms with Crippen molar-refractivity contribution >= 4 is 17.7 Å². The first-order valence-corrected chi connectivity index (χ1v) is 10.2. The fourth-order valence-electron chi connectivity index (χ4n) is 4.18. The molecule has 2 unspecified atom stereocenters. The highest BCUT2D eigenvalue weighted by atomic mass is 16.5. The first kappa shape index (κ1) is 20.1. The van der Waals surface area contributed by atoms with E-state index in [9.17, 15) is 14.4 Å². The van der Waals surface area contributed by atoms with Gasteiger partial charge in [-0.1, -0.05) is 12.8 Å². The maximum Gasteiger partial charge on any atom is 0.233 e. The zero-order valence-corrected chi connectivity index (χ0v) is 16.9. The number of hydrogen-bond donors (Lipinski definition) is 2. The highest BCUT2D eigenvalue weighted by Gasteiger charge is 2.47. The van der Waals surface area contributed by atoms with Crippen molar-refractivity contribution in [1.82, 2.24) is 25.4 Å². The average molecular weight is 411 g/mol. The number of H-pyrrole nitrogens is 1. The van der Waals surface area contributed by atoms with Crippen molar-refractivity contribution < 1.29 is 19.1 Å². The van der Waals surface area contributed by atoms with Crippen molar-refractivity contribution in [2.75, 3.05) is 13.7 Å². The molecule has 1 aliphatic heterocycles. The number of benzene rings is 1. The summed E-state index contributed by atoms with van der Waals surface area (Å²) in [5.41, 5.74) is 0.831. The molecule has 2 aromatic rings. The Balaban J connectivity index is 1.27. The Morgan fingerprint density at radius 3 is 2.47 bits per heavy atom. The number of aromatic amines is 1. The molecule has 2 heterocycles. The lowest BCUT2D eigenvalue weighted by atomic mass is 9.81. The van der Waals surface area contributed by atoms with E-state index in [4.69, 9.17) is 4.74 Å². The van der Waals surface area contributed by atoms with E-state index in [-0.39, 0.29) is 49.1 Å². The molecule has 3 amide bonds. The Hall–Kier alpha value is -3.23. The van der Waals surface area contributed by atoms with Gasteiger partial charge < -0.3 is 10.1 Å². The van der Waals surface area contributed by atoms with Gasteiger partial charge in [-0.25, -0.2) is 4.98 Å². The van der Waals surface area contributed by atoms with Gasteiger partial charge in [0.05, 0.1) is 25.5 Å². The number of imide groups is 1. The number of amides is 3. The second kappa shape index (κ2) is 8.64. The van der Waals surface area contributed by atoms with E-state index in [1.54, 1.807) is 7.11 Å². The van der Waals surface area contributed by atoms with Crippen LogP contribution in [0.1, 0.15) is 37.9 Å². The third-order valence-corrected chi connectivity index (χ3v) is 5.83. The number of carbonyl (C=O) groups excluding carboxylic acids is 3. The Morgan fingerprint density at radius 2 is 1.83 bits per heavy atom. The Bertz CT molecular complexity index is 915. The van der Waals surface area contributed by atoms with Crippen molar-refractivity contribution in [2.45, 2.75) is 38.6 Å². The molecule has 0 spiro atoms. The van der Waals surface area contributed by atoms with Crippen LogP contribution >= 0.6 is 0 Å². The van der Waals surface area contributed by atoms with Crippen LogP contribution in [0.3, 0.4) is 0 Å². The van der Waals surface area contributed by atoms with Gasteiger partial charge in [0.2, 0.25) is 17.7 Å². The van der Waals surface area contributed by atoms with Crippen molar-refractivity contribution in [3.63, 3.8) is 0 Å². The number of nitrogens with one attached hydrogen (secondary N) is 2. The van der Waals surface area contributed by atoms with Gasteiger partial charge in [0.1, 0.15) is 11.6 Å². The molecule has 1 aromatic carbocycles. The van der Waals surface area contributed by atoms with Gasteiger partial charge in [-0.3, -0.25) is 24.4 Å². The Morgan fingerprint density at radius 1 is 1.17 bits per heavy atom. The van der Waals surface area contributed by atoms with E-state index in [0.717, 1.165) is 37.0 Å². The summed E-state index contributed by atoms with van der Waals surface area (Å²) < 4.78 is 5.13. The number of aromatic nitrogens is 3. The minimum atomic E-state index is -0.243. The summed E-state index contributed by atoms with van der Waals surface area (Å²) in [6, 6.07) is 7.35. The van der Waals surface area contributed by atoms with Gasteiger partial charge >= 0.3 is 0 Å². The third kappa shape index (κ3) is 4.05. The third-order valence-electron chi connectivity index (χ3n) is 5.83. The minimum absolute atomic E-state index is 0.0798. The van der Waals surface area contributed by atoms with Crippen LogP contribution in [0.5, 0.6) is 5.75 Å². The molecule has 2 N–H and O–H groups in total. The predicted octanol–water partition coefficient (Wildman–Crippen LogP) is 1.66. The largest absolute Gasteiger partial charge is 0.497 e. The van der Waals surface area contributed by atoms with E-state index < -0.39 is 0 Å². The molecule has 9 nitrogen and oxygen atoms in total. The van der Waals surface area contributed by atoms with Gasteiger partial charge in [0, 0.05) is 18.5 Å². The van der Waals surface area contributed by atoms with Crippen LogP contribution in [-0.2, 0) is 20.9 Å². The summed E-state index contributed by atoms with van der Waals surface area (Å²) in [6.07, 6.45) is 3.62. The lowest BCUT2D eigenvalue weighted by Crippen LogP contribution is -2.35. The van der Waals surface area contributed by atoms with Gasteiger partial charge in [-0.15, -0.1) is 0 Å². The molecule has 2 aliphatic rings. The van der Waals surface area contributed by atoms with Crippen molar-refractivity contribution in [2.24, 2.45) is 11.8 Å². The Kier molecular flexibility index (Phi) is 5.78. The fourth-order valence-corrected chi connectivity index (χ4v) is 4.18. The number of carbonyl (C=O) groups is 3. The second-order valence-corrected chi connectivity index (χ2v) is 7.69. The van der Waals surface area contributed by atoms with Gasteiger partial charge in [0.25, 0.3) is 0 Å². The monoisotopic (exact) mass is 411 g/mol. The maximum atomic E-state index is 12.5. The molecule has 1 aliphatic carbocycles. The molecule has 4 rings (SSSR count). The van der Waals surface area contributed by atoms with Crippen LogP contribution in [0.15, 0.2) is 24.3 Å². The zero-order valence-electron chi connectivity index (χ0n) is 16.9. The van der Waals surface area contributed by atoms with Crippen LogP contribution in [0.4, 0.5) is 0 Å². The number of nitrogens with zero attached hydrogens (tertiary/aromatic N) is 3. The molecule has 0 radical (unpaired) electrons. The summed E-state index contributed by atoms with van der Waals surface area (Å²) in [6.45, 7) is 0.319. The van der Waals surface area contributed by atoms with E-state index in [2.05, 4.69) is 20.5 Å². The summed E-state index contributed by atoms with van der Waals surface area (Å²) >= 11 is 0. The maximum absolute atomic E-state index is 12.5. The van der Waals surface area contributed by atoms with Crippen LogP contribution in [0.25, 0.3) is 11.4 Å². The fraction of sp³-hybridized carbons (Fsp3) is 0.476. The molecule has 2 atom stereocenters. The van der Waals surface area contributed by atoms with E-state index in [0.29, 0.717) is 11.6 Å². The molecule has 9 heteroatoms. The number of methoxy groups -OCH3 is 1. The van der Waals surface area contributed by atoms with Gasteiger partial charge in [-0.05, 0) is 37.1 Å². The number of fused-ring (bicyclic) bond motifs is 1. The molecule has 30 heavy (non-hydrogen) atoms. The Labute approximate surface area is 174 Å². The predicted molar refractivity (Wildman–Crippen MR) is 107 cm³/mol. The number of ether oxygens (including phenoxy) is 1. The first-order chi connectivity index (χ1) is 14.6. The highest BCUT2D eigenvalue weighted by molar-refractivity contribution is 6.05. The smallest absolute Gasteiger partial charge is 0.233 e. The zero-order chi connectivity index (χ0) is 21.1. The molecule has 2 fully saturated rings. The molecular weight excluding hydrogens is 386 g/mol. The van der Waals surface area contributed by atoms with Crippen LogP contribution < -0.4 is 10.1 Å². The molecule has 0 bridgehead atoms. The normalized spacial score (nSPS) is 20.9. The molecule has 1 saturated heterocycles. The standard InChI is InChI=1S/C21H25N5O4/c1-30-14-8-6-13(7-9-14)19-23-17(24-25-19)12-22-18(27)10-11-26-20(28)15-4-2-3-5-16(15)21(26)29/h6-9,15-16H,2-5,10-12H2,1H3,(H,22,27)(H,23,24,25). The summed E-state index contributed by atoms with van der Waals surface area (Å²) in [4.78, 5) is 42.8. The average Bonchev–Trinajstić information content (AvgIpc) is 3.35. The molecule has 1 saturated carbocycles. The lowest BCUT2D eigenvalue weighted by molar-refractivity contribution is -0.140. The summed E-state index contributed by atoms with van der Waals surface area (Å²) in [5, 5.41) is 9.73. The van der Waals surface area contributed by atoms with Crippen LogP contribution in [0.2, 0.25) is 0 Å².